The molecule has 10 heteroatoms. The molecule has 294 valence electrons. The fourth-order valence-electron chi connectivity index (χ4n) is 5.81. The standard InChI is InChI=1S/C40H76N2O7S/c1-3-5-7-9-11-13-17-21-25-29-38(45)48-32-35(49-39(46)30-26-22-18-14-12-10-8-6-4-2)33-50-34-36(41)40(47)42-31-27-23-19-15-16-20-24-28-37(43)44/h35-36H,3-34,41H2,1-2H3,(H,42,47)(H,43,44)/t35-,36-/m0/s1. The first-order valence-electron chi connectivity index (χ1n) is 20.5. The van der Waals surface area contributed by atoms with Crippen molar-refractivity contribution in [3.05, 3.63) is 0 Å². The molecule has 0 unspecified atom stereocenters. The van der Waals surface area contributed by atoms with Gasteiger partial charge in [0.2, 0.25) is 5.91 Å². The van der Waals surface area contributed by atoms with E-state index in [1.807, 2.05) is 0 Å². The van der Waals surface area contributed by atoms with E-state index in [0.29, 0.717) is 30.9 Å². The highest BCUT2D eigenvalue weighted by Gasteiger charge is 2.20. The molecule has 0 radical (unpaired) electrons. The molecule has 0 saturated heterocycles. The van der Waals surface area contributed by atoms with Crippen molar-refractivity contribution in [1.29, 1.82) is 0 Å². The minimum absolute atomic E-state index is 0.0216. The Labute approximate surface area is 310 Å². The Kier molecular flexibility index (Phi) is 35.6. The van der Waals surface area contributed by atoms with Gasteiger partial charge in [0.1, 0.15) is 12.7 Å². The lowest BCUT2D eigenvalue weighted by atomic mass is 10.1. The van der Waals surface area contributed by atoms with E-state index >= 15 is 0 Å². The zero-order chi connectivity index (χ0) is 36.9. The summed E-state index contributed by atoms with van der Waals surface area (Å²) >= 11 is 1.44. The molecule has 0 aliphatic rings. The molecule has 0 fully saturated rings. The number of esters is 2. The van der Waals surface area contributed by atoms with Crippen LogP contribution in [0.25, 0.3) is 0 Å². The van der Waals surface area contributed by atoms with Gasteiger partial charge in [0.05, 0.1) is 6.04 Å². The van der Waals surface area contributed by atoms with Crippen molar-refractivity contribution in [3.8, 4) is 0 Å². The minimum Gasteiger partial charge on any atom is -0.481 e. The number of carboxylic acid groups (broad SMARTS) is 1. The van der Waals surface area contributed by atoms with E-state index in [1.54, 1.807) is 0 Å². The second kappa shape index (κ2) is 37.0. The first-order chi connectivity index (χ1) is 24.3. The lowest BCUT2D eigenvalue weighted by Gasteiger charge is -2.19. The molecule has 2 atom stereocenters. The summed E-state index contributed by atoms with van der Waals surface area (Å²) in [5.74, 6) is -0.677. The SMILES string of the molecule is CCCCCCCCCCCC(=O)OC[C@@H](CSC[C@H](N)C(=O)NCCCCCCCCCC(=O)O)OC(=O)CCCCCCCCCCC. The second-order valence-corrected chi connectivity index (χ2v) is 15.1. The number of unbranched alkanes of at least 4 members (excludes halogenated alkanes) is 22. The molecule has 9 nitrogen and oxygen atoms in total. The van der Waals surface area contributed by atoms with Gasteiger partial charge in [0.25, 0.3) is 0 Å². The van der Waals surface area contributed by atoms with Gasteiger partial charge in [-0.05, 0) is 25.7 Å². The van der Waals surface area contributed by atoms with E-state index in [0.717, 1.165) is 83.5 Å². The third-order valence-electron chi connectivity index (χ3n) is 9.00. The quantitative estimate of drug-likeness (QED) is 0.0418. The lowest BCUT2D eigenvalue weighted by Crippen LogP contribution is -2.43. The van der Waals surface area contributed by atoms with Crippen LogP contribution in [0, 0.1) is 0 Å². The van der Waals surface area contributed by atoms with Crippen LogP contribution in [0.3, 0.4) is 0 Å². The summed E-state index contributed by atoms with van der Waals surface area (Å²) in [6.07, 6.45) is 28.3. The molecule has 0 heterocycles. The molecule has 0 aromatic carbocycles. The fraction of sp³-hybridized carbons (Fsp3) is 0.900. The average Bonchev–Trinajstić information content (AvgIpc) is 3.09. The number of ether oxygens (including phenoxy) is 2. The molecule has 0 aromatic rings. The van der Waals surface area contributed by atoms with Gasteiger partial charge in [-0.25, -0.2) is 0 Å². The average molecular weight is 729 g/mol. The van der Waals surface area contributed by atoms with Crippen LogP contribution in [0.5, 0.6) is 0 Å². The Hall–Kier alpha value is -1.81. The van der Waals surface area contributed by atoms with Gasteiger partial charge in [-0.1, -0.05) is 149 Å². The Balaban J connectivity index is 4.42. The zero-order valence-electron chi connectivity index (χ0n) is 32.2. The van der Waals surface area contributed by atoms with Crippen molar-refractivity contribution in [3.63, 3.8) is 0 Å². The summed E-state index contributed by atoms with van der Waals surface area (Å²) in [7, 11) is 0. The van der Waals surface area contributed by atoms with E-state index in [2.05, 4.69) is 19.2 Å². The molecule has 0 bridgehead atoms. The highest BCUT2D eigenvalue weighted by atomic mass is 32.2. The van der Waals surface area contributed by atoms with Crippen LogP contribution in [0.1, 0.15) is 194 Å². The van der Waals surface area contributed by atoms with Crippen LogP contribution < -0.4 is 11.1 Å². The molecule has 0 aliphatic heterocycles. The van der Waals surface area contributed by atoms with Crippen molar-refractivity contribution in [2.75, 3.05) is 24.7 Å². The van der Waals surface area contributed by atoms with Crippen molar-refractivity contribution in [2.24, 2.45) is 5.73 Å². The smallest absolute Gasteiger partial charge is 0.306 e. The normalized spacial score (nSPS) is 12.4. The molecule has 50 heavy (non-hydrogen) atoms. The number of nitrogens with two attached hydrogens (primary N) is 1. The van der Waals surface area contributed by atoms with Crippen LogP contribution in [0.2, 0.25) is 0 Å². The molecule has 1 amide bonds. The minimum atomic E-state index is -0.736. The lowest BCUT2D eigenvalue weighted by molar-refractivity contribution is -0.157. The predicted molar refractivity (Wildman–Crippen MR) is 207 cm³/mol. The van der Waals surface area contributed by atoms with Crippen molar-refractivity contribution in [1.82, 2.24) is 5.32 Å². The molecular formula is C40H76N2O7S. The van der Waals surface area contributed by atoms with Gasteiger partial charge in [0, 0.05) is 37.3 Å². The van der Waals surface area contributed by atoms with Crippen molar-refractivity contribution < 1.29 is 33.8 Å². The molecule has 0 saturated carbocycles. The summed E-state index contributed by atoms with van der Waals surface area (Å²) in [6, 6.07) is -0.679. The van der Waals surface area contributed by atoms with Crippen molar-refractivity contribution in [2.45, 2.75) is 206 Å². The molecule has 0 aliphatic carbocycles. The fourth-order valence-corrected chi connectivity index (χ4v) is 6.78. The van der Waals surface area contributed by atoms with Crippen LogP contribution in [-0.4, -0.2) is 65.7 Å². The number of nitrogens with one attached hydrogen (secondary N) is 1. The maximum absolute atomic E-state index is 12.7. The highest BCUT2D eigenvalue weighted by molar-refractivity contribution is 7.99. The molecule has 0 spiro atoms. The summed E-state index contributed by atoms with van der Waals surface area (Å²) in [5, 5.41) is 11.6. The summed E-state index contributed by atoms with van der Waals surface area (Å²) in [4.78, 5) is 48.2. The van der Waals surface area contributed by atoms with Gasteiger partial charge in [-0.15, -0.1) is 0 Å². The first kappa shape index (κ1) is 48.2. The number of carbonyl (C=O) groups excluding carboxylic acids is 3. The molecule has 0 aromatic heterocycles. The second-order valence-electron chi connectivity index (χ2n) is 14.0. The summed E-state index contributed by atoms with van der Waals surface area (Å²) in [6.45, 7) is 5.05. The van der Waals surface area contributed by atoms with E-state index in [1.165, 1.54) is 88.8 Å². The van der Waals surface area contributed by atoms with Gasteiger partial charge in [-0.3, -0.25) is 19.2 Å². The molecule has 0 rings (SSSR count). The highest BCUT2D eigenvalue weighted by Crippen LogP contribution is 2.15. The number of hydrogen-bond acceptors (Lipinski definition) is 8. The number of carboxylic acids is 1. The zero-order valence-corrected chi connectivity index (χ0v) is 33.0. The van der Waals surface area contributed by atoms with Gasteiger partial charge >= 0.3 is 17.9 Å². The van der Waals surface area contributed by atoms with Crippen LogP contribution in [0.15, 0.2) is 0 Å². The van der Waals surface area contributed by atoms with Gasteiger partial charge in [-0.2, -0.15) is 11.8 Å². The monoisotopic (exact) mass is 729 g/mol. The largest absolute Gasteiger partial charge is 0.481 e. The summed E-state index contributed by atoms with van der Waals surface area (Å²) < 4.78 is 11.3. The third kappa shape index (κ3) is 34.6. The Morgan fingerprint density at radius 2 is 1.00 bits per heavy atom. The summed E-state index contributed by atoms with van der Waals surface area (Å²) in [5.41, 5.74) is 6.15. The predicted octanol–water partition coefficient (Wildman–Crippen LogP) is 9.67. The van der Waals surface area contributed by atoms with E-state index < -0.39 is 18.1 Å². The molecule has 4 N–H and O–H groups in total. The van der Waals surface area contributed by atoms with E-state index in [-0.39, 0.29) is 30.9 Å². The number of amides is 1. The Bertz CT molecular complexity index is 830. The maximum atomic E-state index is 12.7. The van der Waals surface area contributed by atoms with Crippen LogP contribution in [0.4, 0.5) is 0 Å². The van der Waals surface area contributed by atoms with Crippen LogP contribution >= 0.6 is 11.8 Å². The number of thioether (sulfide) groups is 1. The number of hydrogen-bond donors (Lipinski definition) is 3. The Morgan fingerprint density at radius 1 is 0.580 bits per heavy atom. The number of carbonyl (C=O) groups is 4. The topological polar surface area (TPSA) is 145 Å². The van der Waals surface area contributed by atoms with E-state index in [4.69, 9.17) is 20.3 Å². The number of aliphatic carboxylic acids is 1. The third-order valence-corrected chi connectivity index (χ3v) is 10.2. The Morgan fingerprint density at radius 3 is 1.48 bits per heavy atom. The van der Waals surface area contributed by atoms with Crippen LogP contribution in [-0.2, 0) is 28.7 Å². The first-order valence-corrected chi connectivity index (χ1v) is 21.6. The van der Waals surface area contributed by atoms with Gasteiger partial charge < -0.3 is 25.6 Å². The maximum Gasteiger partial charge on any atom is 0.306 e. The molecular weight excluding hydrogens is 653 g/mol. The number of rotatable bonds is 38. The van der Waals surface area contributed by atoms with E-state index in [9.17, 15) is 19.2 Å². The van der Waals surface area contributed by atoms with Crippen molar-refractivity contribution >= 4 is 35.6 Å². The van der Waals surface area contributed by atoms with Gasteiger partial charge in [0.15, 0.2) is 0 Å².